The molecule has 5 nitrogen and oxygen atoms in total. The summed E-state index contributed by atoms with van der Waals surface area (Å²) in [5.74, 6) is -0.150. The number of phenols is 3. The summed E-state index contributed by atoms with van der Waals surface area (Å²) in [5.41, 5.74) is 0.998. The highest BCUT2D eigenvalue weighted by Gasteiger charge is 2.18. The zero-order valence-electron chi connectivity index (χ0n) is 12.7. The molecule has 0 heterocycles. The molecule has 0 fully saturated rings. The van der Waals surface area contributed by atoms with Gasteiger partial charge in [-0.1, -0.05) is 24.3 Å². The predicted octanol–water partition coefficient (Wildman–Crippen LogP) is 3.64. The summed E-state index contributed by atoms with van der Waals surface area (Å²) < 4.78 is 10.3. The minimum atomic E-state index is -0.238. The number of hydrogen-bond donors (Lipinski definition) is 3. The standard InChI is InChI=1S/C18H16O5/c1-22-14-8-11(9-15(23-2)18(14)21)16-12-6-4-3-5-10(12)7-13(19)17(16)20/h3-9,19-21H,1-2H3. The van der Waals surface area contributed by atoms with Crippen molar-refractivity contribution in [2.24, 2.45) is 0 Å². The van der Waals surface area contributed by atoms with Gasteiger partial charge in [0, 0.05) is 5.56 Å². The second-order valence-corrected chi connectivity index (χ2v) is 5.07. The van der Waals surface area contributed by atoms with Gasteiger partial charge in [-0.25, -0.2) is 0 Å². The molecule has 0 atom stereocenters. The Morgan fingerprint density at radius 1 is 0.783 bits per heavy atom. The Hall–Kier alpha value is -3.08. The number of methoxy groups -OCH3 is 2. The maximum atomic E-state index is 10.4. The molecule has 3 aromatic carbocycles. The number of phenolic OH excluding ortho intramolecular Hbond substituents is 3. The van der Waals surface area contributed by atoms with Crippen molar-refractivity contribution in [2.75, 3.05) is 14.2 Å². The molecule has 3 rings (SSSR count). The average Bonchev–Trinajstić information content (AvgIpc) is 2.56. The summed E-state index contributed by atoms with van der Waals surface area (Å²) in [6.07, 6.45) is 0. The lowest BCUT2D eigenvalue weighted by Gasteiger charge is -2.15. The molecule has 0 spiro atoms. The molecular weight excluding hydrogens is 296 g/mol. The Labute approximate surface area is 133 Å². The van der Waals surface area contributed by atoms with Gasteiger partial charge in [0.1, 0.15) is 0 Å². The van der Waals surface area contributed by atoms with Crippen molar-refractivity contribution >= 4 is 10.8 Å². The first-order valence-corrected chi connectivity index (χ1v) is 6.95. The zero-order chi connectivity index (χ0) is 16.6. The van der Waals surface area contributed by atoms with Crippen LogP contribution in [0, 0.1) is 0 Å². The summed E-state index contributed by atoms with van der Waals surface area (Å²) in [7, 11) is 2.86. The second kappa shape index (κ2) is 5.61. The first-order valence-electron chi connectivity index (χ1n) is 6.95. The third kappa shape index (κ3) is 2.36. The van der Waals surface area contributed by atoms with Crippen molar-refractivity contribution in [3.63, 3.8) is 0 Å². The molecular formula is C18H16O5. The number of aromatic hydroxyl groups is 3. The van der Waals surface area contributed by atoms with Gasteiger partial charge < -0.3 is 24.8 Å². The van der Waals surface area contributed by atoms with Gasteiger partial charge in [0.25, 0.3) is 0 Å². The molecule has 0 saturated carbocycles. The number of rotatable bonds is 3. The van der Waals surface area contributed by atoms with Gasteiger partial charge in [-0.3, -0.25) is 0 Å². The Morgan fingerprint density at radius 3 is 2.00 bits per heavy atom. The number of fused-ring (bicyclic) bond motifs is 1. The molecule has 5 heteroatoms. The first-order chi connectivity index (χ1) is 11.1. The van der Waals surface area contributed by atoms with E-state index in [-0.39, 0.29) is 28.7 Å². The summed E-state index contributed by atoms with van der Waals surface area (Å²) in [4.78, 5) is 0. The number of benzene rings is 3. The minimum absolute atomic E-state index is 0.123. The summed E-state index contributed by atoms with van der Waals surface area (Å²) >= 11 is 0. The Morgan fingerprint density at radius 2 is 1.39 bits per heavy atom. The van der Waals surface area contributed by atoms with Crippen LogP contribution in [0.5, 0.6) is 28.7 Å². The van der Waals surface area contributed by atoms with Gasteiger partial charge in [0.2, 0.25) is 5.75 Å². The fourth-order valence-corrected chi connectivity index (χ4v) is 2.65. The van der Waals surface area contributed by atoms with Crippen molar-refractivity contribution in [3.8, 4) is 39.9 Å². The topological polar surface area (TPSA) is 79.2 Å². The maximum Gasteiger partial charge on any atom is 0.200 e. The molecule has 118 valence electrons. The van der Waals surface area contributed by atoms with E-state index in [1.165, 1.54) is 20.3 Å². The molecule has 0 radical (unpaired) electrons. The molecule has 0 aromatic heterocycles. The molecule has 23 heavy (non-hydrogen) atoms. The van der Waals surface area contributed by atoms with Gasteiger partial charge in [0.05, 0.1) is 14.2 Å². The van der Waals surface area contributed by atoms with Crippen LogP contribution in [0.3, 0.4) is 0 Å². The van der Waals surface area contributed by atoms with Crippen LogP contribution in [0.2, 0.25) is 0 Å². The van der Waals surface area contributed by atoms with Gasteiger partial charge in [-0.2, -0.15) is 0 Å². The largest absolute Gasteiger partial charge is 0.504 e. The van der Waals surface area contributed by atoms with E-state index in [1.807, 2.05) is 24.3 Å². The summed E-state index contributed by atoms with van der Waals surface area (Å²) in [6.45, 7) is 0. The number of hydrogen-bond acceptors (Lipinski definition) is 5. The van der Waals surface area contributed by atoms with Gasteiger partial charge >= 0.3 is 0 Å². The van der Waals surface area contributed by atoms with Crippen LogP contribution in [0.15, 0.2) is 42.5 Å². The van der Waals surface area contributed by atoms with Gasteiger partial charge in [-0.05, 0) is 34.5 Å². The zero-order valence-corrected chi connectivity index (χ0v) is 12.7. The van der Waals surface area contributed by atoms with E-state index in [2.05, 4.69) is 0 Å². The molecule has 0 aliphatic rings. The normalized spacial score (nSPS) is 10.7. The predicted molar refractivity (Wildman–Crippen MR) is 87.5 cm³/mol. The van der Waals surface area contributed by atoms with E-state index in [0.717, 1.165) is 10.8 Å². The smallest absolute Gasteiger partial charge is 0.200 e. The van der Waals surface area contributed by atoms with Crippen LogP contribution in [-0.2, 0) is 0 Å². The highest BCUT2D eigenvalue weighted by atomic mass is 16.5. The SMILES string of the molecule is COc1cc(-c2c(O)c(O)cc3ccccc23)cc(OC)c1O. The Balaban J connectivity index is 2.39. The summed E-state index contributed by atoms with van der Waals surface area (Å²) in [5, 5.41) is 31.9. The van der Waals surface area contributed by atoms with Crippen LogP contribution in [0.25, 0.3) is 21.9 Å². The van der Waals surface area contributed by atoms with Crippen LogP contribution >= 0.6 is 0 Å². The van der Waals surface area contributed by atoms with Crippen molar-refractivity contribution in [3.05, 3.63) is 42.5 Å². The van der Waals surface area contributed by atoms with E-state index < -0.39 is 0 Å². The minimum Gasteiger partial charge on any atom is -0.504 e. The maximum absolute atomic E-state index is 10.4. The van der Waals surface area contributed by atoms with Crippen LogP contribution < -0.4 is 9.47 Å². The fourth-order valence-electron chi connectivity index (χ4n) is 2.65. The Kier molecular flexibility index (Phi) is 3.62. The highest BCUT2D eigenvalue weighted by molar-refractivity contribution is 6.01. The third-order valence-electron chi connectivity index (χ3n) is 3.77. The van der Waals surface area contributed by atoms with Crippen LogP contribution in [0.1, 0.15) is 0 Å². The number of ether oxygens (including phenoxy) is 2. The molecule has 0 amide bonds. The molecule has 0 saturated heterocycles. The van der Waals surface area contributed by atoms with Crippen molar-refractivity contribution in [2.45, 2.75) is 0 Å². The molecule has 0 aliphatic heterocycles. The monoisotopic (exact) mass is 312 g/mol. The third-order valence-corrected chi connectivity index (χ3v) is 3.77. The van der Waals surface area contributed by atoms with E-state index in [4.69, 9.17) is 9.47 Å². The summed E-state index contributed by atoms with van der Waals surface area (Å²) in [6, 6.07) is 12.0. The lowest BCUT2D eigenvalue weighted by Crippen LogP contribution is -1.91. The van der Waals surface area contributed by atoms with Crippen molar-refractivity contribution in [1.29, 1.82) is 0 Å². The average molecular weight is 312 g/mol. The lowest BCUT2D eigenvalue weighted by molar-refractivity contribution is 0.340. The lowest BCUT2D eigenvalue weighted by atomic mass is 9.96. The van der Waals surface area contributed by atoms with E-state index in [1.54, 1.807) is 12.1 Å². The van der Waals surface area contributed by atoms with Gasteiger partial charge in [-0.15, -0.1) is 0 Å². The van der Waals surface area contributed by atoms with Crippen molar-refractivity contribution in [1.82, 2.24) is 0 Å². The fraction of sp³-hybridized carbons (Fsp3) is 0.111. The molecule has 3 N–H and O–H groups in total. The highest BCUT2D eigenvalue weighted by Crippen LogP contribution is 2.47. The quantitative estimate of drug-likeness (QED) is 0.643. The van der Waals surface area contributed by atoms with Gasteiger partial charge in [0.15, 0.2) is 23.0 Å². The van der Waals surface area contributed by atoms with E-state index >= 15 is 0 Å². The van der Waals surface area contributed by atoms with Crippen LogP contribution in [-0.4, -0.2) is 29.5 Å². The molecule has 0 unspecified atom stereocenters. The first kappa shape index (κ1) is 14.8. The van der Waals surface area contributed by atoms with Crippen molar-refractivity contribution < 1.29 is 24.8 Å². The molecule has 3 aromatic rings. The second-order valence-electron chi connectivity index (χ2n) is 5.07. The van der Waals surface area contributed by atoms with E-state index in [0.29, 0.717) is 11.1 Å². The van der Waals surface area contributed by atoms with Crippen LogP contribution in [0.4, 0.5) is 0 Å². The molecule has 0 aliphatic carbocycles. The molecule has 0 bridgehead atoms. The Bertz CT molecular complexity index is 861. The van der Waals surface area contributed by atoms with E-state index in [9.17, 15) is 15.3 Å².